The third-order valence-corrected chi connectivity index (χ3v) is 6.51. The van der Waals surface area contributed by atoms with Crippen LogP contribution in [0.2, 0.25) is 5.02 Å². The zero-order valence-corrected chi connectivity index (χ0v) is 21.4. The molecule has 1 N–H and O–H groups in total. The quantitative estimate of drug-likeness (QED) is 0.396. The van der Waals surface area contributed by atoms with Gasteiger partial charge in [-0.3, -0.25) is 9.59 Å². The van der Waals surface area contributed by atoms with Crippen LogP contribution in [0.4, 0.5) is 0 Å². The Morgan fingerprint density at radius 2 is 1.68 bits per heavy atom. The zero-order valence-electron chi connectivity index (χ0n) is 18.2. The van der Waals surface area contributed by atoms with E-state index in [9.17, 15) is 9.59 Å². The number of carbonyl (C=O) groups is 2. The molecule has 0 bridgehead atoms. The van der Waals surface area contributed by atoms with Crippen LogP contribution in [0.1, 0.15) is 38.3 Å². The molecule has 1 atom stereocenters. The first-order valence-corrected chi connectivity index (χ1v) is 12.8. The van der Waals surface area contributed by atoms with Gasteiger partial charge >= 0.3 is 0 Å². The third-order valence-electron chi connectivity index (χ3n) is 4.74. The number of nitrogens with one attached hydrogen (secondary N) is 1. The Balaban J connectivity index is 2.10. The Bertz CT molecular complexity index is 844. The number of hydrogen-bond acceptors (Lipinski definition) is 3. The van der Waals surface area contributed by atoms with Crippen LogP contribution < -0.4 is 5.32 Å². The van der Waals surface area contributed by atoms with Crippen molar-refractivity contribution >= 4 is 51.1 Å². The molecule has 168 valence electrons. The average Bonchev–Trinajstić information content (AvgIpc) is 2.74. The van der Waals surface area contributed by atoms with Crippen molar-refractivity contribution in [3.63, 3.8) is 0 Å². The molecule has 4 nitrogen and oxygen atoms in total. The summed E-state index contributed by atoms with van der Waals surface area (Å²) < 4.78 is 1.03. The molecule has 2 rings (SSSR count). The van der Waals surface area contributed by atoms with Crippen LogP contribution in [0.5, 0.6) is 0 Å². The lowest BCUT2D eigenvalue weighted by Crippen LogP contribution is -2.50. The molecule has 2 aromatic carbocycles. The van der Waals surface area contributed by atoms with Crippen molar-refractivity contribution in [2.45, 2.75) is 45.5 Å². The van der Waals surface area contributed by atoms with Gasteiger partial charge in [-0.2, -0.15) is 0 Å². The smallest absolute Gasteiger partial charge is 0.242 e. The summed E-state index contributed by atoms with van der Waals surface area (Å²) in [4.78, 5) is 27.8. The van der Waals surface area contributed by atoms with Gasteiger partial charge in [-0.15, -0.1) is 11.8 Å². The molecule has 0 aliphatic heterocycles. The number of halogens is 2. The van der Waals surface area contributed by atoms with E-state index in [1.165, 1.54) is 0 Å². The minimum atomic E-state index is -0.504. The van der Waals surface area contributed by atoms with E-state index in [1.54, 1.807) is 16.7 Å². The molecule has 0 fully saturated rings. The number of nitrogens with zero attached hydrogens (tertiary/aromatic N) is 1. The zero-order chi connectivity index (χ0) is 22.8. The van der Waals surface area contributed by atoms with Gasteiger partial charge in [0, 0.05) is 28.3 Å². The van der Waals surface area contributed by atoms with E-state index >= 15 is 0 Å². The van der Waals surface area contributed by atoms with Crippen LogP contribution in [0.3, 0.4) is 0 Å². The molecular weight excluding hydrogens is 496 g/mol. The van der Waals surface area contributed by atoms with Gasteiger partial charge in [0.1, 0.15) is 6.04 Å². The first-order valence-electron chi connectivity index (χ1n) is 10.4. The largest absolute Gasteiger partial charge is 0.354 e. The fourth-order valence-corrected chi connectivity index (χ4v) is 4.31. The fourth-order valence-electron chi connectivity index (χ4n) is 3.05. The second-order valence-electron chi connectivity index (χ2n) is 7.83. The SMILES string of the molecule is CC[C@@H](C(=O)NCC(C)C)N(Cc1ccc(Cl)cc1)C(=O)CSCc1ccc(Br)cc1. The minimum absolute atomic E-state index is 0.0383. The number of thioether (sulfide) groups is 1. The predicted molar refractivity (Wildman–Crippen MR) is 134 cm³/mol. The van der Waals surface area contributed by atoms with Gasteiger partial charge < -0.3 is 10.2 Å². The molecule has 0 saturated heterocycles. The number of carbonyl (C=O) groups excluding carboxylic acids is 2. The Hall–Kier alpha value is -1.50. The first kappa shape index (κ1) is 25.8. The lowest BCUT2D eigenvalue weighted by atomic mass is 10.1. The maximum absolute atomic E-state index is 13.2. The molecule has 2 amide bonds. The summed E-state index contributed by atoms with van der Waals surface area (Å²) in [6.45, 7) is 7.02. The summed E-state index contributed by atoms with van der Waals surface area (Å²) in [6, 6.07) is 15.0. The van der Waals surface area contributed by atoms with Gasteiger partial charge in [-0.1, -0.05) is 72.6 Å². The van der Waals surface area contributed by atoms with Crippen LogP contribution in [0.25, 0.3) is 0 Å². The van der Waals surface area contributed by atoms with Crippen LogP contribution in [-0.4, -0.2) is 35.1 Å². The van der Waals surface area contributed by atoms with E-state index in [0.717, 1.165) is 21.4 Å². The highest BCUT2D eigenvalue weighted by Crippen LogP contribution is 2.19. The molecule has 0 heterocycles. The highest BCUT2D eigenvalue weighted by molar-refractivity contribution is 9.10. The molecule has 0 aliphatic rings. The molecule has 0 aliphatic carbocycles. The summed E-state index contributed by atoms with van der Waals surface area (Å²) in [6.07, 6.45) is 0.556. The highest BCUT2D eigenvalue weighted by atomic mass is 79.9. The summed E-state index contributed by atoms with van der Waals surface area (Å²) in [7, 11) is 0. The lowest BCUT2D eigenvalue weighted by molar-refractivity contribution is -0.139. The normalized spacial score (nSPS) is 11.9. The first-order chi connectivity index (χ1) is 14.8. The van der Waals surface area contributed by atoms with Crippen LogP contribution in [0.15, 0.2) is 53.0 Å². The summed E-state index contributed by atoms with van der Waals surface area (Å²) in [5.74, 6) is 1.27. The number of amides is 2. The molecule has 0 unspecified atom stereocenters. The van der Waals surface area contributed by atoms with Crippen molar-refractivity contribution in [2.24, 2.45) is 5.92 Å². The van der Waals surface area contributed by atoms with Gasteiger partial charge in [0.15, 0.2) is 0 Å². The molecule has 0 spiro atoms. The fraction of sp³-hybridized carbons (Fsp3) is 0.417. The van der Waals surface area contributed by atoms with Gasteiger partial charge in [0.25, 0.3) is 0 Å². The Morgan fingerprint density at radius 1 is 1.06 bits per heavy atom. The maximum Gasteiger partial charge on any atom is 0.242 e. The van der Waals surface area contributed by atoms with Crippen molar-refractivity contribution in [1.29, 1.82) is 0 Å². The van der Waals surface area contributed by atoms with Crippen LogP contribution in [-0.2, 0) is 21.9 Å². The minimum Gasteiger partial charge on any atom is -0.354 e. The highest BCUT2D eigenvalue weighted by Gasteiger charge is 2.28. The second-order valence-corrected chi connectivity index (χ2v) is 10.2. The topological polar surface area (TPSA) is 49.4 Å². The van der Waals surface area contributed by atoms with E-state index in [2.05, 4.69) is 35.1 Å². The summed E-state index contributed by atoms with van der Waals surface area (Å²) in [5, 5.41) is 3.63. The van der Waals surface area contributed by atoms with E-state index in [-0.39, 0.29) is 11.8 Å². The molecule has 0 saturated carbocycles. The lowest BCUT2D eigenvalue weighted by Gasteiger charge is -2.31. The van der Waals surface area contributed by atoms with Crippen molar-refractivity contribution in [1.82, 2.24) is 10.2 Å². The standard InChI is InChI=1S/C24H30BrClN2O2S/c1-4-22(24(30)27-13-17(2)3)28(14-18-7-11-21(26)12-8-18)23(29)16-31-15-19-5-9-20(25)10-6-19/h5-12,17,22H,4,13-16H2,1-3H3,(H,27,30)/t22-/m0/s1. The van der Waals surface area contributed by atoms with Gasteiger partial charge in [0.2, 0.25) is 11.8 Å². The number of hydrogen-bond donors (Lipinski definition) is 1. The van der Waals surface area contributed by atoms with Crippen molar-refractivity contribution in [3.8, 4) is 0 Å². The number of benzene rings is 2. The van der Waals surface area contributed by atoms with E-state index < -0.39 is 6.04 Å². The van der Waals surface area contributed by atoms with Crippen molar-refractivity contribution in [2.75, 3.05) is 12.3 Å². The van der Waals surface area contributed by atoms with E-state index in [4.69, 9.17) is 11.6 Å². The molecule has 0 radical (unpaired) electrons. The van der Waals surface area contributed by atoms with Gasteiger partial charge in [0.05, 0.1) is 5.75 Å². The maximum atomic E-state index is 13.2. The number of rotatable bonds is 11. The van der Waals surface area contributed by atoms with E-state index in [1.807, 2.05) is 55.5 Å². The van der Waals surface area contributed by atoms with Crippen LogP contribution in [0, 0.1) is 5.92 Å². The summed E-state index contributed by atoms with van der Waals surface area (Å²) in [5.41, 5.74) is 2.11. The monoisotopic (exact) mass is 524 g/mol. The average molecular weight is 526 g/mol. The van der Waals surface area contributed by atoms with Crippen molar-refractivity contribution < 1.29 is 9.59 Å². The van der Waals surface area contributed by atoms with Crippen molar-refractivity contribution in [3.05, 3.63) is 69.2 Å². The van der Waals surface area contributed by atoms with Gasteiger partial charge in [-0.25, -0.2) is 0 Å². The van der Waals surface area contributed by atoms with Crippen LogP contribution >= 0.6 is 39.3 Å². The molecule has 0 aromatic heterocycles. The molecule has 2 aromatic rings. The summed E-state index contributed by atoms with van der Waals surface area (Å²) >= 11 is 11.0. The second kappa shape index (κ2) is 13.1. The Labute approximate surface area is 203 Å². The predicted octanol–water partition coefficient (Wildman–Crippen LogP) is 5.92. The Kier molecular flexibility index (Phi) is 10.9. The van der Waals surface area contributed by atoms with Gasteiger partial charge in [-0.05, 0) is 47.7 Å². The Morgan fingerprint density at radius 3 is 2.26 bits per heavy atom. The third kappa shape index (κ3) is 8.87. The molecule has 31 heavy (non-hydrogen) atoms. The molecule has 7 heteroatoms. The molecular formula is C24H30BrClN2O2S. The van der Waals surface area contributed by atoms with E-state index in [0.29, 0.717) is 36.2 Å².